The Labute approximate surface area is 214 Å². The molecule has 0 saturated heterocycles. The average molecular weight is 511 g/mol. The molecule has 0 aliphatic heterocycles. The minimum absolute atomic E-state index is 0.0742. The van der Waals surface area contributed by atoms with E-state index >= 15 is 0 Å². The monoisotopic (exact) mass is 510 g/mol. The fourth-order valence-corrected chi connectivity index (χ4v) is 4.87. The first-order valence-corrected chi connectivity index (χ1v) is 13.1. The lowest BCUT2D eigenvalue weighted by Gasteiger charge is -2.32. The summed E-state index contributed by atoms with van der Waals surface area (Å²) in [7, 11) is 0. The summed E-state index contributed by atoms with van der Waals surface area (Å²) >= 11 is 1.28. The predicted molar refractivity (Wildman–Crippen MR) is 139 cm³/mol. The SMILES string of the molecule is CC(C)c1ccc(NC(=O)N[C@H]2CCCC[C@H]2NC(=O)c2csc(COc3ccccc3F)n2)cc1. The first-order chi connectivity index (χ1) is 17.4. The van der Waals surface area contributed by atoms with Crippen LogP contribution in [-0.2, 0) is 6.61 Å². The number of urea groups is 1. The molecule has 0 unspecified atom stereocenters. The number of nitrogens with one attached hydrogen (secondary N) is 3. The van der Waals surface area contributed by atoms with Crippen molar-refractivity contribution < 1.29 is 18.7 Å². The number of anilines is 1. The molecule has 0 spiro atoms. The second-order valence-corrected chi connectivity index (χ2v) is 10.1. The number of thiazole rings is 1. The molecule has 2 aromatic carbocycles. The van der Waals surface area contributed by atoms with E-state index in [-0.39, 0.29) is 42.1 Å². The maximum Gasteiger partial charge on any atom is 0.319 e. The zero-order chi connectivity index (χ0) is 25.5. The first-order valence-electron chi connectivity index (χ1n) is 12.2. The lowest BCUT2D eigenvalue weighted by Crippen LogP contribution is -2.54. The molecule has 4 rings (SSSR count). The van der Waals surface area contributed by atoms with Crippen LogP contribution in [0, 0.1) is 5.82 Å². The van der Waals surface area contributed by atoms with Gasteiger partial charge in [-0.15, -0.1) is 11.3 Å². The van der Waals surface area contributed by atoms with Gasteiger partial charge >= 0.3 is 6.03 Å². The molecule has 1 heterocycles. The summed E-state index contributed by atoms with van der Waals surface area (Å²) in [6.45, 7) is 4.32. The molecule has 1 aromatic heterocycles. The van der Waals surface area contributed by atoms with E-state index in [1.807, 2.05) is 24.3 Å². The van der Waals surface area contributed by atoms with Crippen molar-refractivity contribution in [3.05, 3.63) is 76.0 Å². The van der Waals surface area contributed by atoms with Crippen molar-refractivity contribution in [3.63, 3.8) is 0 Å². The number of carbonyl (C=O) groups is 2. The van der Waals surface area contributed by atoms with Crippen LogP contribution in [0.5, 0.6) is 5.75 Å². The normalized spacial score (nSPS) is 17.4. The molecule has 1 fully saturated rings. The molecule has 1 aliphatic carbocycles. The van der Waals surface area contributed by atoms with Crippen molar-refractivity contribution in [1.29, 1.82) is 0 Å². The highest BCUT2D eigenvalue weighted by molar-refractivity contribution is 7.09. The Morgan fingerprint density at radius 1 is 1.06 bits per heavy atom. The number of nitrogens with zero attached hydrogens (tertiary/aromatic N) is 1. The van der Waals surface area contributed by atoms with Crippen molar-refractivity contribution in [1.82, 2.24) is 15.6 Å². The quantitative estimate of drug-likeness (QED) is 0.355. The van der Waals surface area contributed by atoms with Gasteiger partial charge in [0.15, 0.2) is 11.6 Å². The van der Waals surface area contributed by atoms with Gasteiger partial charge in [0.05, 0.1) is 6.04 Å². The molecular weight excluding hydrogens is 479 g/mol. The third-order valence-electron chi connectivity index (χ3n) is 6.21. The second kappa shape index (κ2) is 12.0. The number of halogens is 1. The van der Waals surface area contributed by atoms with Crippen LogP contribution in [0.25, 0.3) is 0 Å². The van der Waals surface area contributed by atoms with Gasteiger partial charge < -0.3 is 20.7 Å². The number of amides is 3. The van der Waals surface area contributed by atoms with Gasteiger partial charge in [-0.1, -0.05) is 51.0 Å². The van der Waals surface area contributed by atoms with Crippen LogP contribution in [0.15, 0.2) is 53.9 Å². The fourth-order valence-electron chi connectivity index (χ4n) is 4.19. The highest BCUT2D eigenvalue weighted by Gasteiger charge is 2.28. The summed E-state index contributed by atoms with van der Waals surface area (Å²) in [5.74, 6) is -0.178. The molecule has 36 heavy (non-hydrogen) atoms. The maximum absolute atomic E-state index is 13.7. The van der Waals surface area contributed by atoms with E-state index in [4.69, 9.17) is 4.74 Å². The Balaban J connectivity index is 1.30. The van der Waals surface area contributed by atoms with E-state index in [0.29, 0.717) is 10.9 Å². The number of para-hydroxylation sites is 1. The zero-order valence-corrected chi connectivity index (χ0v) is 21.2. The molecule has 190 valence electrons. The van der Waals surface area contributed by atoms with Crippen LogP contribution >= 0.6 is 11.3 Å². The van der Waals surface area contributed by atoms with Gasteiger partial charge in [-0.05, 0) is 48.6 Å². The van der Waals surface area contributed by atoms with Crippen LogP contribution in [0.4, 0.5) is 14.9 Å². The molecule has 3 amide bonds. The van der Waals surface area contributed by atoms with E-state index in [0.717, 1.165) is 31.4 Å². The smallest absolute Gasteiger partial charge is 0.319 e. The van der Waals surface area contributed by atoms with Gasteiger partial charge in [0, 0.05) is 17.1 Å². The summed E-state index contributed by atoms with van der Waals surface area (Å²) < 4.78 is 19.2. The van der Waals surface area contributed by atoms with E-state index in [1.165, 1.54) is 23.0 Å². The number of benzene rings is 2. The molecule has 0 radical (unpaired) electrons. The molecular formula is C27H31FN4O3S. The Bertz CT molecular complexity index is 1180. The van der Waals surface area contributed by atoms with Gasteiger partial charge in [-0.2, -0.15) is 0 Å². The predicted octanol–water partition coefficient (Wildman–Crippen LogP) is 5.85. The van der Waals surface area contributed by atoms with Crippen LogP contribution in [0.2, 0.25) is 0 Å². The lowest BCUT2D eigenvalue weighted by molar-refractivity contribution is 0.0911. The molecule has 7 nitrogen and oxygen atoms in total. The number of carbonyl (C=O) groups excluding carboxylic acids is 2. The third-order valence-corrected chi connectivity index (χ3v) is 7.03. The Kier molecular flexibility index (Phi) is 8.53. The molecule has 3 aromatic rings. The van der Waals surface area contributed by atoms with E-state index in [9.17, 15) is 14.0 Å². The number of hydrogen-bond donors (Lipinski definition) is 3. The Morgan fingerprint density at radius 2 is 1.75 bits per heavy atom. The highest BCUT2D eigenvalue weighted by Crippen LogP contribution is 2.22. The first kappa shape index (κ1) is 25.6. The molecule has 3 N–H and O–H groups in total. The van der Waals surface area contributed by atoms with Gasteiger partial charge in [-0.25, -0.2) is 14.2 Å². The van der Waals surface area contributed by atoms with Crippen LogP contribution in [-0.4, -0.2) is 29.0 Å². The lowest BCUT2D eigenvalue weighted by atomic mass is 9.90. The molecule has 9 heteroatoms. The summed E-state index contributed by atoms with van der Waals surface area (Å²) in [5.41, 5.74) is 2.21. The van der Waals surface area contributed by atoms with Crippen molar-refractivity contribution >= 4 is 29.0 Å². The topological polar surface area (TPSA) is 92.4 Å². The minimum Gasteiger partial charge on any atom is -0.483 e. The van der Waals surface area contributed by atoms with Crippen LogP contribution in [0.1, 0.15) is 66.5 Å². The number of aromatic nitrogens is 1. The number of ether oxygens (including phenoxy) is 1. The average Bonchev–Trinajstić information content (AvgIpc) is 3.34. The van der Waals surface area contributed by atoms with E-state index < -0.39 is 5.82 Å². The van der Waals surface area contributed by atoms with Crippen molar-refractivity contribution in [2.75, 3.05) is 5.32 Å². The zero-order valence-electron chi connectivity index (χ0n) is 20.4. The van der Waals surface area contributed by atoms with Crippen LogP contribution in [0.3, 0.4) is 0 Å². The maximum atomic E-state index is 13.7. The van der Waals surface area contributed by atoms with E-state index in [2.05, 4.69) is 34.8 Å². The van der Waals surface area contributed by atoms with Gasteiger partial charge in [0.25, 0.3) is 5.91 Å². The highest BCUT2D eigenvalue weighted by atomic mass is 32.1. The molecule has 0 bridgehead atoms. The second-order valence-electron chi connectivity index (χ2n) is 9.19. The Hall–Kier alpha value is -3.46. The number of rotatable bonds is 8. The van der Waals surface area contributed by atoms with Crippen LogP contribution < -0.4 is 20.7 Å². The van der Waals surface area contributed by atoms with Gasteiger partial charge in [-0.3, -0.25) is 4.79 Å². The fraction of sp³-hybridized carbons (Fsp3) is 0.370. The summed E-state index contributed by atoms with van der Waals surface area (Å²) in [4.78, 5) is 29.8. The summed E-state index contributed by atoms with van der Waals surface area (Å²) in [6.07, 6.45) is 3.51. The molecule has 2 atom stereocenters. The third kappa shape index (κ3) is 6.81. The number of hydrogen-bond acceptors (Lipinski definition) is 5. The van der Waals surface area contributed by atoms with E-state index in [1.54, 1.807) is 23.6 Å². The van der Waals surface area contributed by atoms with Gasteiger partial charge in [0.2, 0.25) is 0 Å². The molecule has 1 aliphatic rings. The van der Waals surface area contributed by atoms with Crippen molar-refractivity contribution in [2.45, 2.75) is 64.1 Å². The van der Waals surface area contributed by atoms with Crippen molar-refractivity contribution in [2.24, 2.45) is 0 Å². The van der Waals surface area contributed by atoms with Gasteiger partial charge in [0.1, 0.15) is 17.3 Å². The summed E-state index contributed by atoms with van der Waals surface area (Å²) in [6, 6.07) is 13.3. The molecule has 1 saturated carbocycles. The Morgan fingerprint density at radius 3 is 2.44 bits per heavy atom. The largest absolute Gasteiger partial charge is 0.483 e. The summed E-state index contributed by atoms with van der Waals surface area (Å²) in [5, 5.41) is 11.2. The standard InChI is InChI=1S/C27H31FN4O3S/c1-17(2)18-11-13-19(14-12-18)29-27(34)32-22-9-5-4-8-21(22)31-26(33)23-16-36-25(30-23)15-35-24-10-6-3-7-20(24)28/h3,6-7,10-14,16-17,21-22H,4-5,8-9,15H2,1-2H3,(H,31,33)(H2,29,32,34)/t21-,22+/m1/s1. The van der Waals surface area contributed by atoms with Crippen molar-refractivity contribution in [3.8, 4) is 5.75 Å². The minimum atomic E-state index is -0.445.